The molecule has 19 heavy (non-hydrogen) atoms. The largest absolute Gasteiger partial charge is 0.316 e. The van der Waals surface area contributed by atoms with Gasteiger partial charge in [-0.15, -0.1) is 0 Å². The first-order valence-corrected chi connectivity index (χ1v) is 7.19. The van der Waals surface area contributed by atoms with Gasteiger partial charge in [0.1, 0.15) is 0 Å². The molecule has 1 aliphatic rings. The Balaban J connectivity index is 2.01. The molecule has 1 N–H and O–H groups in total. The molecule has 3 nitrogen and oxygen atoms in total. The van der Waals surface area contributed by atoms with Crippen molar-refractivity contribution in [3.05, 3.63) is 46.5 Å². The fraction of sp³-hybridized carbons (Fsp3) is 0.357. The third kappa shape index (κ3) is 2.64. The summed E-state index contributed by atoms with van der Waals surface area (Å²) >= 11 is 12.3. The highest BCUT2D eigenvalue weighted by atomic mass is 35.5. The number of benzene rings is 1. The number of imidazole rings is 1. The first kappa shape index (κ1) is 13.0. The molecule has 2 heterocycles. The first-order chi connectivity index (χ1) is 9.25. The van der Waals surface area contributed by atoms with Crippen LogP contribution in [0.4, 0.5) is 0 Å². The van der Waals surface area contributed by atoms with Gasteiger partial charge in [-0.25, -0.2) is 4.98 Å². The summed E-state index contributed by atoms with van der Waals surface area (Å²) in [4.78, 5) is 4.28. The van der Waals surface area contributed by atoms with Crippen molar-refractivity contribution >= 4 is 23.2 Å². The second kappa shape index (κ2) is 5.53. The minimum Gasteiger partial charge on any atom is -0.316 e. The molecule has 1 aromatic carbocycles. The number of halogens is 2. The average molecular weight is 296 g/mol. The zero-order valence-electron chi connectivity index (χ0n) is 10.4. The van der Waals surface area contributed by atoms with Crippen LogP contribution in [0.15, 0.2) is 30.7 Å². The zero-order chi connectivity index (χ0) is 13.2. The topological polar surface area (TPSA) is 29.9 Å². The van der Waals surface area contributed by atoms with Crippen LogP contribution in [0.1, 0.15) is 24.5 Å². The maximum Gasteiger partial charge on any atom is 0.0994 e. The molecule has 0 aliphatic carbocycles. The number of rotatable bonds is 2. The molecule has 1 saturated heterocycles. The van der Waals surface area contributed by atoms with Gasteiger partial charge in [-0.3, -0.25) is 0 Å². The number of aromatic nitrogens is 2. The maximum atomic E-state index is 6.28. The third-order valence-electron chi connectivity index (χ3n) is 3.55. The lowest BCUT2D eigenvalue weighted by molar-refractivity contribution is 0.451. The van der Waals surface area contributed by atoms with Gasteiger partial charge in [0.05, 0.1) is 17.0 Å². The predicted molar refractivity (Wildman–Crippen MR) is 78.4 cm³/mol. The van der Waals surface area contributed by atoms with Crippen molar-refractivity contribution in [1.29, 1.82) is 0 Å². The van der Waals surface area contributed by atoms with Crippen LogP contribution in [0.2, 0.25) is 10.0 Å². The summed E-state index contributed by atoms with van der Waals surface area (Å²) < 4.78 is 2.05. The van der Waals surface area contributed by atoms with Gasteiger partial charge in [-0.05, 0) is 37.6 Å². The Bertz CT molecular complexity index is 574. The van der Waals surface area contributed by atoms with Gasteiger partial charge >= 0.3 is 0 Å². The van der Waals surface area contributed by atoms with E-state index in [2.05, 4.69) is 10.3 Å². The SMILES string of the molecule is Clc1ccc(Cl)c(-n2cncc2C2CCCNC2)c1. The molecule has 100 valence electrons. The highest BCUT2D eigenvalue weighted by Gasteiger charge is 2.20. The molecule has 1 fully saturated rings. The molecule has 1 aromatic heterocycles. The average Bonchev–Trinajstić information content (AvgIpc) is 2.91. The Labute approximate surface area is 122 Å². The van der Waals surface area contributed by atoms with Crippen molar-refractivity contribution in [2.24, 2.45) is 0 Å². The maximum absolute atomic E-state index is 6.28. The summed E-state index contributed by atoms with van der Waals surface area (Å²) in [5.41, 5.74) is 2.09. The van der Waals surface area contributed by atoms with Gasteiger partial charge in [0, 0.05) is 29.4 Å². The summed E-state index contributed by atoms with van der Waals surface area (Å²) in [7, 11) is 0. The predicted octanol–water partition coefficient (Wildman–Crippen LogP) is 3.65. The number of nitrogens with one attached hydrogen (secondary N) is 1. The fourth-order valence-electron chi connectivity index (χ4n) is 2.58. The molecule has 0 bridgehead atoms. The standard InChI is InChI=1S/C14H15Cl2N3/c15-11-3-4-12(16)13(6-11)19-9-18-8-14(19)10-2-1-5-17-7-10/h3-4,6,8-10,17H,1-2,5,7H2. The van der Waals surface area contributed by atoms with Gasteiger partial charge in [-0.2, -0.15) is 0 Å². The second-order valence-electron chi connectivity index (χ2n) is 4.83. The van der Waals surface area contributed by atoms with Crippen LogP contribution < -0.4 is 5.32 Å². The van der Waals surface area contributed by atoms with E-state index in [4.69, 9.17) is 23.2 Å². The highest BCUT2D eigenvalue weighted by molar-refractivity contribution is 6.34. The van der Waals surface area contributed by atoms with E-state index in [-0.39, 0.29) is 0 Å². The number of hydrogen-bond acceptors (Lipinski definition) is 2. The summed E-state index contributed by atoms with van der Waals surface area (Å²) in [5.74, 6) is 0.478. The van der Waals surface area contributed by atoms with Gasteiger partial charge < -0.3 is 9.88 Å². The smallest absolute Gasteiger partial charge is 0.0994 e. The zero-order valence-corrected chi connectivity index (χ0v) is 12.0. The molecular weight excluding hydrogens is 281 g/mol. The molecule has 0 saturated carbocycles. The van der Waals surface area contributed by atoms with Gasteiger partial charge in [0.25, 0.3) is 0 Å². The number of nitrogens with zero attached hydrogens (tertiary/aromatic N) is 2. The molecule has 5 heteroatoms. The Hall–Kier alpha value is -1.03. The summed E-state index contributed by atoms with van der Waals surface area (Å²) in [6, 6.07) is 5.50. The van der Waals surface area contributed by atoms with Crippen molar-refractivity contribution in [3.8, 4) is 5.69 Å². The van der Waals surface area contributed by atoms with E-state index in [1.807, 2.05) is 29.2 Å². The summed E-state index contributed by atoms with van der Waals surface area (Å²) in [5, 5.41) is 4.80. The van der Waals surface area contributed by atoms with E-state index in [9.17, 15) is 0 Å². The van der Waals surface area contributed by atoms with Crippen LogP contribution in [0.25, 0.3) is 5.69 Å². The van der Waals surface area contributed by atoms with E-state index in [0.717, 1.165) is 18.8 Å². The molecule has 0 radical (unpaired) electrons. The molecular formula is C14H15Cl2N3. The van der Waals surface area contributed by atoms with Crippen molar-refractivity contribution in [2.75, 3.05) is 13.1 Å². The lowest BCUT2D eigenvalue weighted by Gasteiger charge is -2.24. The van der Waals surface area contributed by atoms with Crippen LogP contribution in [0.3, 0.4) is 0 Å². The van der Waals surface area contributed by atoms with Crippen LogP contribution in [-0.4, -0.2) is 22.6 Å². The highest BCUT2D eigenvalue weighted by Crippen LogP contribution is 2.30. The van der Waals surface area contributed by atoms with Crippen molar-refractivity contribution in [3.63, 3.8) is 0 Å². The molecule has 1 unspecified atom stereocenters. The quantitative estimate of drug-likeness (QED) is 0.917. The van der Waals surface area contributed by atoms with E-state index >= 15 is 0 Å². The van der Waals surface area contributed by atoms with Crippen molar-refractivity contribution < 1.29 is 0 Å². The van der Waals surface area contributed by atoms with Crippen LogP contribution in [-0.2, 0) is 0 Å². The Morgan fingerprint density at radius 2 is 2.21 bits per heavy atom. The Morgan fingerprint density at radius 3 is 3.00 bits per heavy atom. The number of piperidine rings is 1. The van der Waals surface area contributed by atoms with Crippen molar-refractivity contribution in [2.45, 2.75) is 18.8 Å². The van der Waals surface area contributed by atoms with E-state index in [1.54, 1.807) is 6.07 Å². The lowest BCUT2D eigenvalue weighted by Crippen LogP contribution is -2.29. The molecule has 1 aliphatic heterocycles. The first-order valence-electron chi connectivity index (χ1n) is 6.44. The van der Waals surface area contributed by atoms with Crippen molar-refractivity contribution in [1.82, 2.24) is 14.9 Å². The second-order valence-corrected chi connectivity index (χ2v) is 5.67. The molecule has 0 spiro atoms. The fourth-order valence-corrected chi connectivity index (χ4v) is 2.96. The van der Waals surface area contributed by atoms with Gasteiger partial charge in [-0.1, -0.05) is 23.2 Å². The molecule has 2 aromatic rings. The van der Waals surface area contributed by atoms with E-state index in [1.165, 1.54) is 18.5 Å². The Morgan fingerprint density at radius 1 is 1.32 bits per heavy atom. The van der Waals surface area contributed by atoms with Gasteiger partial charge in [0.15, 0.2) is 0 Å². The molecule has 0 amide bonds. The summed E-state index contributed by atoms with van der Waals surface area (Å²) in [6.07, 6.45) is 6.10. The van der Waals surface area contributed by atoms with E-state index in [0.29, 0.717) is 16.0 Å². The van der Waals surface area contributed by atoms with Crippen LogP contribution in [0.5, 0.6) is 0 Å². The summed E-state index contributed by atoms with van der Waals surface area (Å²) in [6.45, 7) is 2.09. The van der Waals surface area contributed by atoms with E-state index < -0.39 is 0 Å². The van der Waals surface area contributed by atoms with Crippen LogP contribution in [0, 0.1) is 0 Å². The minimum atomic E-state index is 0.478. The molecule has 3 rings (SSSR count). The third-order valence-corrected chi connectivity index (χ3v) is 4.10. The Kier molecular flexibility index (Phi) is 3.78. The minimum absolute atomic E-state index is 0.478. The number of hydrogen-bond donors (Lipinski definition) is 1. The monoisotopic (exact) mass is 295 g/mol. The normalized spacial score (nSPS) is 19.6. The van der Waals surface area contributed by atoms with Crippen LogP contribution >= 0.6 is 23.2 Å². The van der Waals surface area contributed by atoms with Gasteiger partial charge in [0.2, 0.25) is 0 Å². The molecule has 1 atom stereocenters. The lowest BCUT2D eigenvalue weighted by atomic mass is 9.96.